The van der Waals surface area contributed by atoms with Crippen LogP contribution in [0.2, 0.25) is 0 Å². The van der Waals surface area contributed by atoms with Gasteiger partial charge in [0.25, 0.3) is 11.8 Å². The van der Waals surface area contributed by atoms with E-state index in [4.69, 9.17) is 4.74 Å². The Balaban J connectivity index is 1.80. The van der Waals surface area contributed by atoms with Crippen molar-refractivity contribution in [2.75, 3.05) is 24.6 Å². The van der Waals surface area contributed by atoms with E-state index in [2.05, 4.69) is 13.8 Å². The van der Waals surface area contributed by atoms with Crippen LogP contribution in [0.1, 0.15) is 39.2 Å². The molecule has 2 heterocycles. The lowest BCUT2D eigenvalue weighted by atomic mass is 9.91. The van der Waals surface area contributed by atoms with Crippen molar-refractivity contribution >= 4 is 23.1 Å². The predicted molar refractivity (Wildman–Crippen MR) is 123 cm³/mol. The number of imide groups is 1. The summed E-state index contributed by atoms with van der Waals surface area (Å²) in [6.07, 6.45) is 1.89. The Morgan fingerprint density at radius 2 is 1.64 bits per heavy atom. The number of carbonyl (C=O) groups excluding carboxylic acids is 2. The van der Waals surface area contributed by atoms with Gasteiger partial charge in [-0.15, -0.1) is 0 Å². The molecule has 4 rings (SSSR count). The number of nitrogens with zero attached hydrogens (tertiary/aromatic N) is 2. The number of rotatable bonds is 6. The van der Waals surface area contributed by atoms with E-state index in [0.717, 1.165) is 35.9 Å². The van der Waals surface area contributed by atoms with Crippen LogP contribution in [-0.4, -0.2) is 36.4 Å². The molecule has 0 radical (unpaired) electrons. The number of halogens is 2. The molecule has 0 aromatic heterocycles. The van der Waals surface area contributed by atoms with Crippen LogP contribution in [0.3, 0.4) is 0 Å². The lowest BCUT2D eigenvalue weighted by Gasteiger charge is -2.37. The van der Waals surface area contributed by atoms with Crippen molar-refractivity contribution in [2.24, 2.45) is 11.8 Å². The summed E-state index contributed by atoms with van der Waals surface area (Å²) in [7, 11) is 0. The number of piperidine rings is 1. The minimum atomic E-state index is -0.831. The number of carbonyl (C=O) groups is 2. The number of likely N-dealkylation sites (tertiary alicyclic amines) is 1. The highest BCUT2D eigenvalue weighted by Gasteiger charge is 2.44. The molecule has 2 amide bonds. The molecule has 33 heavy (non-hydrogen) atoms. The topological polar surface area (TPSA) is 49.9 Å². The Kier molecular flexibility index (Phi) is 6.49. The Morgan fingerprint density at radius 1 is 0.970 bits per heavy atom. The third-order valence-electron chi connectivity index (χ3n) is 6.01. The van der Waals surface area contributed by atoms with Gasteiger partial charge in [0, 0.05) is 19.2 Å². The summed E-state index contributed by atoms with van der Waals surface area (Å²) in [5, 5.41) is 0. The highest BCUT2D eigenvalue weighted by molar-refractivity contribution is 6.45. The van der Waals surface area contributed by atoms with Crippen LogP contribution in [0.15, 0.2) is 48.2 Å². The van der Waals surface area contributed by atoms with E-state index >= 15 is 0 Å². The number of ether oxygens (including phenoxy) is 1. The number of amides is 2. The van der Waals surface area contributed by atoms with Gasteiger partial charge in [0.05, 0.1) is 17.9 Å². The average molecular weight is 455 g/mol. The van der Waals surface area contributed by atoms with Gasteiger partial charge < -0.3 is 9.64 Å². The molecule has 1 fully saturated rings. The largest absolute Gasteiger partial charge is 0.494 e. The second-order valence-corrected chi connectivity index (χ2v) is 8.99. The predicted octanol–water partition coefficient (Wildman–Crippen LogP) is 5.02. The van der Waals surface area contributed by atoms with Crippen molar-refractivity contribution in [2.45, 2.75) is 33.6 Å². The average Bonchev–Trinajstić information content (AvgIpc) is 3.03. The molecule has 0 aliphatic carbocycles. The molecule has 5 nitrogen and oxygen atoms in total. The van der Waals surface area contributed by atoms with E-state index in [9.17, 15) is 18.4 Å². The zero-order chi connectivity index (χ0) is 23.7. The Hall–Kier alpha value is -3.22. The van der Waals surface area contributed by atoms with Crippen LogP contribution in [0.25, 0.3) is 5.57 Å². The fraction of sp³-hybridized carbons (Fsp3) is 0.385. The molecule has 174 valence electrons. The standard InChI is InChI=1S/C26H28F2N2O3/c1-4-11-33-20-8-5-18(6-9-20)23-24(29-14-16(2)12-17(3)15-29)26(32)30(25(23)31)22-13-19(27)7-10-21(22)28/h5-10,13,16-17H,4,11-12,14-15H2,1-3H3. The maximum Gasteiger partial charge on any atom is 0.282 e. The van der Waals surface area contributed by atoms with Gasteiger partial charge in [-0.25, -0.2) is 13.7 Å². The molecule has 2 aliphatic heterocycles. The molecule has 2 aliphatic rings. The molecule has 2 atom stereocenters. The first-order valence-corrected chi connectivity index (χ1v) is 11.4. The number of hydrogen-bond donors (Lipinski definition) is 0. The third-order valence-corrected chi connectivity index (χ3v) is 6.01. The first-order chi connectivity index (χ1) is 15.8. The van der Waals surface area contributed by atoms with E-state index in [1.165, 1.54) is 0 Å². The molecule has 2 aromatic carbocycles. The molecule has 2 aromatic rings. The Labute approximate surface area is 192 Å². The monoisotopic (exact) mass is 454 g/mol. The van der Waals surface area contributed by atoms with E-state index in [1.807, 2.05) is 11.8 Å². The van der Waals surface area contributed by atoms with Gasteiger partial charge in [-0.05, 0) is 54.5 Å². The highest BCUT2D eigenvalue weighted by Crippen LogP contribution is 2.38. The maximum absolute atomic E-state index is 14.6. The minimum absolute atomic E-state index is 0.201. The zero-order valence-electron chi connectivity index (χ0n) is 19.1. The van der Waals surface area contributed by atoms with Crippen LogP contribution in [-0.2, 0) is 9.59 Å². The van der Waals surface area contributed by atoms with Crippen LogP contribution in [0.4, 0.5) is 14.5 Å². The van der Waals surface area contributed by atoms with Crippen molar-refractivity contribution in [3.05, 3.63) is 65.4 Å². The minimum Gasteiger partial charge on any atom is -0.494 e. The van der Waals surface area contributed by atoms with E-state index in [1.54, 1.807) is 24.3 Å². The second-order valence-electron chi connectivity index (χ2n) is 8.99. The lowest BCUT2D eigenvalue weighted by Crippen LogP contribution is -2.42. The van der Waals surface area contributed by atoms with Crippen LogP contribution >= 0.6 is 0 Å². The van der Waals surface area contributed by atoms with Gasteiger partial charge in [0.15, 0.2) is 0 Å². The first-order valence-electron chi connectivity index (χ1n) is 11.4. The summed E-state index contributed by atoms with van der Waals surface area (Å²) in [4.78, 5) is 29.8. The maximum atomic E-state index is 14.6. The molecule has 7 heteroatoms. The smallest absolute Gasteiger partial charge is 0.282 e. The Morgan fingerprint density at radius 3 is 2.27 bits per heavy atom. The van der Waals surface area contributed by atoms with Gasteiger partial charge in [-0.3, -0.25) is 9.59 Å². The summed E-state index contributed by atoms with van der Waals surface area (Å²) < 4.78 is 34.2. The summed E-state index contributed by atoms with van der Waals surface area (Å²) >= 11 is 0. The number of benzene rings is 2. The normalized spacial score (nSPS) is 21.2. The SMILES string of the molecule is CCCOc1ccc(C2=C(N3CC(C)CC(C)C3)C(=O)N(c3cc(F)ccc3F)C2=O)cc1. The molecule has 2 unspecified atom stereocenters. The van der Waals surface area contributed by atoms with Crippen LogP contribution in [0.5, 0.6) is 5.75 Å². The summed E-state index contributed by atoms with van der Waals surface area (Å²) in [5.74, 6) is -1.53. The van der Waals surface area contributed by atoms with Crippen LogP contribution < -0.4 is 9.64 Å². The summed E-state index contributed by atoms with van der Waals surface area (Å²) in [6, 6.07) is 9.73. The molecular weight excluding hydrogens is 426 g/mol. The zero-order valence-corrected chi connectivity index (χ0v) is 19.1. The molecular formula is C26H28F2N2O3. The van der Waals surface area contributed by atoms with Crippen LogP contribution in [0, 0.1) is 23.5 Å². The van der Waals surface area contributed by atoms with E-state index < -0.39 is 23.4 Å². The van der Waals surface area contributed by atoms with Crippen molar-refractivity contribution in [3.63, 3.8) is 0 Å². The number of anilines is 1. The highest BCUT2D eigenvalue weighted by atomic mass is 19.1. The summed E-state index contributed by atoms with van der Waals surface area (Å²) in [5.41, 5.74) is 0.604. The third kappa shape index (κ3) is 4.49. The molecule has 0 bridgehead atoms. The first kappa shape index (κ1) is 23.0. The second kappa shape index (κ2) is 9.33. The van der Waals surface area contributed by atoms with Crippen molar-refractivity contribution < 1.29 is 23.1 Å². The van der Waals surface area contributed by atoms with Crippen molar-refractivity contribution in [1.82, 2.24) is 4.90 Å². The quantitative estimate of drug-likeness (QED) is 0.576. The fourth-order valence-corrected chi connectivity index (χ4v) is 4.73. The lowest BCUT2D eigenvalue weighted by molar-refractivity contribution is -0.121. The molecule has 1 saturated heterocycles. The Bertz CT molecular complexity index is 1090. The molecule has 0 N–H and O–H groups in total. The van der Waals surface area contributed by atoms with Gasteiger partial charge in [-0.2, -0.15) is 0 Å². The number of hydrogen-bond acceptors (Lipinski definition) is 4. The van der Waals surface area contributed by atoms with Crippen molar-refractivity contribution in [1.29, 1.82) is 0 Å². The van der Waals surface area contributed by atoms with Crippen molar-refractivity contribution in [3.8, 4) is 5.75 Å². The molecule has 0 spiro atoms. The van der Waals surface area contributed by atoms with Gasteiger partial charge in [0.1, 0.15) is 23.1 Å². The summed E-state index contributed by atoms with van der Waals surface area (Å²) in [6.45, 7) is 8.01. The molecule has 0 saturated carbocycles. The fourth-order valence-electron chi connectivity index (χ4n) is 4.73. The van der Waals surface area contributed by atoms with E-state index in [0.29, 0.717) is 42.8 Å². The van der Waals surface area contributed by atoms with Gasteiger partial charge >= 0.3 is 0 Å². The van der Waals surface area contributed by atoms with Gasteiger partial charge in [0.2, 0.25) is 0 Å². The van der Waals surface area contributed by atoms with Gasteiger partial charge in [-0.1, -0.05) is 32.9 Å². The van der Waals surface area contributed by atoms with E-state index in [-0.39, 0.29) is 17.0 Å².